The number of aliphatic hydroxyl groups is 2. The highest BCUT2D eigenvalue weighted by Gasteiger charge is 2.20. The molecule has 15 heavy (non-hydrogen) atoms. The van der Waals surface area contributed by atoms with Gasteiger partial charge >= 0.3 is 0 Å². The summed E-state index contributed by atoms with van der Waals surface area (Å²) < 4.78 is 0. The Hall–Kier alpha value is -0.620. The van der Waals surface area contributed by atoms with Gasteiger partial charge in [-0.05, 0) is 5.56 Å². The van der Waals surface area contributed by atoms with Crippen molar-refractivity contribution in [3.8, 4) is 0 Å². The zero-order valence-electron chi connectivity index (χ0n) is 8.00. The Labute approximate surface area is 99.3 Å². The maximum Gasteiger partial charge on any atom is 0.106 e. The highest BCUT2D eigenvalue weighted by Crippen LogP contribution is 2.21. The minimum atomic E-state index is -1.01. The highest BCUT2D eigenvalue weighted by molar-refractivity contribution is 7.80. The summed E-state index contributed by atoms with van der Waals surface area (Å²) in [6, 6.07) is 6.93. The maximum atomic E-state index is 9.80. The maximum absolute atomic E-state index is 9.80. The van der Waals surface area contributed by atoms with E-state index in [0.717, 1.165) is 0 Å². The summed E-state index contributed by atoms with van der Waals surface area (Å²) in [7, 11) is 0. The van der Waals surface area contributed by atoms with Crippen LogP contribution in [0.4, 0.5) is 0 Å². The number of hydrogen-bond acceptors (Lipinski definition) is 4. The zero-order chi connectivity index (χ0) is 11.4. The third-order valence-corrected chi connectivity index (χ3v) is 2.69. The van der Waals surface area contributed by atoms with Crippen LogP contribution in [0.2, 0.25) is 0 Å². The summed E-state index contributed by atoms with van der Waals surface area (Å²) in [6.45, 7) is 0. The van der Waals surface area contributed by atoms with E-state index in [2.05, 4.69) is 12.6 Å². The molecule has 0 amide bonds. The van der Waals surface area contributed by atoms with Crippen LogP contribution in [0, 0.1) is 0 Å². The van der Waals surface area contributed by atoms with E-state index < -0.39 is 12.2 Å². The van der Waals surface area contributed by atoms with Crippen LogP contribution in [-0.4, -0.2) is 27.1 Å². The molecule has 0 heterocycles. The molecule has 1 aromatic carbocycles. The molecule has 1 aromatic rings. The lowest BCUT2D eigenvalue weighted by Crippen LogP contribution is -2.23. The number of aliphatic hydroxyl groups excluding tert-OH is 2. The van der Waals surface area contributed by atoms with Crippen molar-refractivity contribution in [3.05, 3.63) is 35.4 Å². The zero-order valence-corrected chi connectivity index (χ0v) is 9.71. The monoisotopic (exact) mass is 243 g/mol. The number of rotatable bonds is 4. The first-order valence-corrected chi connectivity index (χ1v) is 5.47. The van der Waals surface area contributed by atoms with Gasteiger partial charge in [-0.15, -0.1) is 0 Å². The number of thiocarbonyl (C=S) groups is 1. The van der Waals surface area contributed by atoms with Crippen molar-refractivity contribution < 1.29 is 10.2 Å². The van der Waals surface area contributed by atoms with Gasteiger partial charge in [-0.25, -0.2) is 0 Å². The standard InChI is InChI=1S/C10H13NO2S2/c11-10(15)7-4-2-1-3-6(7)9(13)8(12)5-14/h1-4,8-9,12-14H,5H2,(H2,11,15). The fourth-order valence-electron chi connectivity index (χ4n) is 1.29. The first kappa shape index (κ1) is 12.4. The van der Waals surface area contributed by atoms with E-state index in [1.807, 2.05) is 0 Å². The first-order chi connectivity index (χ1) is 7.07. The molecule has 82 valence electrons. The van der Waals surface area contributed by atoms with E-state index in [0.29, 0.717) is 11.1 Å². The van der Waals surface area contributed by atoms with Crippen LogP contribution < -0.4 is 5.73 Å². The summed E-state index contributed by atoms with van der Waals surface area (Å²) in [5, 5.41) is 19.3. The molecule has 0 aliphatic heterocycles. The molecule has 0 fully saturated rings. The van der Waals surface area contributed by atoms with Gasteiger partial charge in [-0.3, -0.25) is 0 Å². The first-order valence-electron chi connectivity index (χ1n) is 4.43. The lowest BCUT2D eigenvalue weighted by molar-refractivity contribution is 0.0337. The molecular weight excluding hydrogens is 230 g/mol. The Morgan fingerprint density at radius 1 is 1.40 bits per heavy atom. The van der Waals surface area contributed by atoms with E-state index in [1.54, 1.807) is 24.3 Å². The molecular formula is C10H13NO2S2. The Balaban J connectivity index is 3.07. The quantitative estimate of drug-likeness (QED) is 0.463. The predicted octanol–water partition coefficient (Wildman–Crippen LogP) is 0.645. The third-order valence-electron chi connectivity index (χ3n) is 2.10. The van der Waals surface area contributed by atoms with Gasteiger partial charge in [0, 0.05) is 11.3 Å². The summed E-state index contributed by atoms with van der Waals surface area (Å²) in [5.41, 5.74) is 6.63. The average molecular weight is 243 g/mol. The van der Waals surface area contributed by atoms with Crippen molar-refractivity contribution in [1.82, 2.24) is 0 Å². The van der Waals surface area contributed by atoms with Crippen molar-refractivity contribution in [2.24, 2.45) is 5.73 Å². The minimum absolute atomic E-state index is 0.173. The van der Waals surface area contributed by atoms with Crippen LogP contribution in [-0.2, 0) is 0 Å². The SMILES string of the molecule is NC(=S)c1ccccc1C(O)C(O)CS. The summed E-state index contributed by atoms with van der Waals surface area (Å²) >= 11 is 8.77. The molecule has 1 rings (SSSR count). The van der Waals surface area contributed by atoms with Gasteiger partial charge in [0.2, 0.25) is 0 Å². The Morgan fingerprint density at radius 3 is 2.53 bits per heavy atom. The molecule has 0 radical (unpaired) electrons. The third kappa shape index (κ3) is 2.92. The van der Waals surface area contributed by atoms with Gasteiger partial charge < -0.3 is 15.9 Å². The van der Waals surface area contributed by atoms with Crippen LogP contribution in [0.15, 0.2) is 24.3 Å². The highest BCUT2D eigenvalue weighted by atomic mass is 32.1. The number of nitrogens with two attached hydrogens (primary N) is 1. The lowest BCUT2D eigenvalue weighted by Gasteiger charge is -2.18. The number of benzene rings is 1. The normalized spacial score (nSPS) is 14.6. The molecule has 0 spiro atoms. The van der Waals surface area contributed by atoms with Gasteiger partial charge in [-0.1, -0.05) is 36.5 Å². The Kier molecular flexibility index (Phi) is 4.53. The largest absolute Gasteiger partial charge is 0.389 e. The second kappa shape index (κ2) is 5.46. The molecule has 0 bridgehead atoms. The predicted molar refractivity (Wildman–Crippen MR) is 67.1 cm³/mol. The Bertz CT molecular complexity index is 357. The lowest BCUT2D eigenvalue weighted by atomic mass is 9.99. The molecule has 3 nitrogen and oxygen atoms in total. The van der Waals surface area contributed by atoms with Crippen LogP contribution in [0.1, 0.15) is 17.2 Å². The van der Waals surface area contributed by atoms with E-state index in [4.69, 9.17) is 18.0 Å². The van der Waals surface area contributed by atoms with E-state index in [9.17, 15) is 10.2 Å². The van der Waals surface area contributed by atoms with Gasteiger partial charge in [0.05, 0.1) is 6.10 Å². The fraction of sp³-hybridized carbons (Fsp3) is 0.300. The van der Waals surface area contributed by atoms with Gasteiger partial charge in [0.15, 0.2) is 0 Å². The molecule has 0 aliphatic carbocycles. The van der Waals surface area contributed by atoms with Gasteiger partial charge in [0.25, 0.3) is 0 Å². The van der Waals surface area contributed by atoms with Gasteiger partial charge in [-0.2, -0.15) is 12.6 Å². The van der Waals surface area contributed by atoms with Crippen LogP contribution in [0.3, 0.4) is 0 Å². The minimum Gasteiger partial charge on any atom is -0.389 e. The fourth-order valence-corrected chi connectivity index (χ4v) is 1.67. The van der Waals surface area contributed by atoms with E-state index in [-0.39, 0.29) is 10.7 Å². The van der Waals surface area contributed by atoms with E-state index in [1.165, 1.54) is 0 Å². The Morgan fingerprint density at radius 2 is 2.00 bits per heavy atom. The molecule has 5 heteroatoms. The van der Waals surface area contributed by atoms with Crippen LogP contribution >= 0.6 is 24.8 Å². The van der Waals surface area contributed by atoms with Crippen molar-refractivity contribution in [3.63, 3.8) is 0 Å². The second-order valence-electron chi connectivity index (χ2n) is 3.15. The summed E-state index contributed by atoms with van der Waals surface area (Å²) in [6.07, 6.45) is -1.94. The van der Waals surface area contributed by atoms with Crippen molar-refractivity contribution >= 4 is 29.8 Å². The average Bonchev–Trinajstić information content (AvgIpc) is 2.27. The molecule has 0 aromatic heterocycles. The molecule has 4 N–H and O–H groups in total. The molecule has 2 unspecified atom stereocenters. The summed E-state index contributed by atoms with van der Waals surface area (Å²) in [4.78, 5) is 0.205. The second-order valence-corrected chi connectivity index (χ2v) is 3.95. The molecule has 0 saturated heterocycles. The number of hydrogen-bond donors (Lipinski definition) is 4. The molecule has 2 atom stereocenters. The van der Waals surface area contributed by atoms with Gasteiger partial charge in [0.1, 0.15) is 11.1 Å². The van der Waals surface area contributed by atoms with Crippen molar-refractivity contribution in [2.45, 2.75) is 12.2 Å². The van der Waals surface area contributed by atoms with Crippen molar-refractivity contribution in [2.75, 3.05) is 5.75 Å². The smallest absolute Gasteiger partial charge is 0.106 e. The van der Waals surface area contributed by atoms with Crippen LogP contribution in [0.5, 0.6) is 0 Å². The van der Waals surface area contributed by atoms with Crippen molar-refractivity contribution in [1.29, 1.82) is 0 Å². The van der Waals surface area contributed by atoms with E-state index >= 15 is 0 Å². The summed E-state index contributed by atoms with van der Waals surface area (Å²) in [5.74, 6) is 0.173. The topological polar surface area (TPSA) is 66.5 Å². The molecule has 0 saturated carbocycles. The number of thiol groups is 1. The molecule has 0 aliphatic rings. The van der Waals surface area contributed by atoms with Crippen LogP contribution in [0.25, 0.3) is 0 Å².